The van der Waals surface area contributed by atoms with E-state index >= 15 is 0 Å². The van der Waals surface area contributed by atoms with Gasteiger partial charge in [0.1, 0.15) is 5.82 Å². The van der Waals surface area contributed by atoms with Gasteiger partial charge in [0.25, 0.3) is 5.91 Å². The van der Waals surface area contributed by atoms with Crippen LogP contribution >= 0.6 is 0 Å². The smallest absolute Gasteiger partial charge is 0.271 e. The van der Waals surface area contributed by atoms with E-state index in [-0.39, 0.29) is 11.7 Å². The molecule has 0 unspecified atom stereocenters. The van der Waals surface area contributed by atoms with Gasteiger partial charge in [-0.15, -0.1) is 0 Å². The number of hydrogen-bond acceptors (Lipinski definition) is 4. The Hall–Kier alpha value is -2.73. The Morgan fingerprint density at radius 2 is 1.86 bits per heavy atom. The number of hydrazone groups is 1. The Kier molecular flexibility index (Phi) is 6.41. The summed E-state index contributed by atoms with van der Waals surface area (Å²) in [5.74, 6) is -0.537. The van der Waals surface area contributed by atoms with Crippen molar-refractivity contribution in [2.24, 2.45) is 5.10 Å². The van der Waals surface area contributed by atoms with E-state index < -0.39 is 0 Å². The first kappa shape index (κ1) is 20.0. The molecule has 0 radical (unpaired) electrons. The van der Waals surface area contributed by atoms with Crippen molar-refractivity contribution in [1.82, 2.24) is 10.3 Å². The Morgan fingerprint density at radius 1 is 1.14 bits per heavy atom. The molecule has 0 atom stereocenters. The van der Waals surface area contributed by atoms with Crippen LogP contribution in [-0.4, -0.2) is 49.2 Å². The SMILES string of the molecule is CCN1CCN(c2ccc(/C(C)=N\NC(=O)c3ccccc3C)cc2F)CC1. The number of amides is 1. The zero-order valence-electron chi connectivity index (χ0n) is 16.7. The third-order valence-corrected chi connectivity index (χ3v) is 5.24. The van der Waals surface area contributed by atoms with Gasteiger partial charge in [-0.2, -0.15) is 5.10 Å². The van der Waals surface area contributed by atoms with Gasteiger partial charge in [0.05, 0.1) is 11.4 Å². The minimum Gasteiger partial charge on any atom is -0.367 e. The Labute approximate surface area is 165 Å². The standard InChI is InChI=1S/C22H27FN4O/c1-4-26-11-13-27(14-12-26)21-10-9-18(15-20(21)23)17(3)24-25-22(28)19-8-6-5-7-16(19)2/h5-10,15H,4,11-14H2,1-3H3,(H,25,28)/b24-17-. The molecule has 0 saturated carbocycles. The lowest BCUT2D eigenvalue weighted by molar-refractivity contribution is 0.0954. The number of nitrogens with zero attached hydrogens (tertiary/aromatic N) is 3. The molecule has 148 valence electrons. The van der Waals surface area contributed by atoms with Gasteiger partial charge in [-0.05, 0) is 44.2 Å². The number of rotatable bonds is 5. The number of anilines is 1. The summed E-state index contributed by atoms with van der Waals surface area (Å²) in [6.07, 6.45) is 0. The molecule has 5 nitrogen and oxygen atoms in total. The third-order valence-electron chi connectivity index (χ3n) is 5.24. The van der Waals surface area contributed by atoms with E-state index in [2.05, 4.69) is 27.3 Å². The summed E-state index contributed by atoms with van der Waals surface area (Å²) in [6, 6.07) is 12.5. The number of carbonyl (C=O) groups is 1. The summed E-state index contributed by atoms with van der Waals surface area (Å²) < 4.78 is 14.7. The normalized spacial score (nSPS) is 15.6. The molecule has 3 rings (SSSR count). The minimum atomic E-state index is -0.275. The maximum atomic E-state index is 14.7. The fraction of sp³-hybridized carbons (Fsp3) is 0.364. The molecule has 2 aromatic rings. The number of carbonyl (C=O) groups excluding carboxylic acids is 1. The molecule has 1 amide bonds. The Balaban J connectivity index is 1.68. The molecule has 0 aromatic heterocycles. The molecular weight excluding hydrogens is 355 g/mol. The van der Waals surface area contributed by atoms with Crippen molar-refractivity contribution in [2.45, 2.75) is 20.8 Å². The van der Waals surface area contributed by atoms with Crippen LogP contribution in [0.1, 0.15) is 35.3 Å². The van der Waals surface area contributed by atoms with Crippen molar-refractivity contribution in [2.75, 3.05) is 37.6 Å². The van der Waals surface area contributed by atoms with Crippen LogP contribution in [0.5, 0.6) is 0 Å². The van der Waals surface area contributed by atoms with Crippen LogP contribution in [0, 0.1) is 12.7 Å². The van der Waals surface area contributed by atoms with Crippen molar-refractivity contribution in [3.8, 4) is 0 Å². The van der Waals surface area contributed by atoms with Gasteiger partial charge < -0.3 is 9.80 Å². The number of piperazine rings is 1. The van der Waals surface area contributed by atoms with E-state index in [9.17, 15) is 9.18 Å². The van der Waals surface area contributed by atoms with Crippen LogP contribution < -0.4 is 10.3 Å². The number of hydrogen-bond donors (Lipinski definition) is 1. The summed E-state index contributed by atoms with van der Waals surface area (Å²) in [7, 11) is 0. The molecule has 0 aliphatic carbocycles. The molecule has 0 bridgehead atoms. The molecule has 1 N–H and O–H groups in total. The van der Waals surface area contributed by atoms with Gasteiger partial charge in [-0.25, -0.2) is 9.82 Å². The van der Waals surface area contributed by atoms with Crippen molar-refractivity contribution in [3.63, 3.8) is 0 Å². The van der Waals surface area contributed by atoms with E-state index in [4.69, 9.17) is 0 Å². The first-order valence-corrected chi connectivity index (χ1v) is 9.67. The van der Waals surface area contributed by atoms with E-state index in [0.717, 1.165) is 38.3 Å². The summed E-state index contributed by atoms with van der Waals surface area (Å²) in [5.41, 5.74) is 5.85. The molecule has 28 heavy (non-hydrogen) atoms. The highest BCUT2D eigenvalue weighted by Gasteiger charge is 2.19. The molecule has 1 heterocycles. The molecule has 6 heteroatoms. The van der Waals surface area contributed by atoms with Crippen LogP contribution in [0.3, 0.4) is 0 Å². The summed E-state index contributed by atoms with van der Waals surface area (Å²) in [6.45, 7) is 10.3. The van der Waals surface area contributed by atoms with Crippen LogP contribution in [-0.2, 0) is 0 Å². The highest BCUT2D eigenvalue weighted by molar-refractivity contribution is 6.01. The highest BCUT2D eigenvalue weighted by Crippen LogP contribution is 2.22. The lowest BCUT2D eigenvalue weighted by atomic mass is 10.1. The van der Waals surface area contributed by atoms with Gasteiger partial charge in [-0.3, -0.25) is 4.79 Å². The largest absolute Gasteiger partial charge is 0.367 e. The van der Waals surface area contributed by atoms with E-state index in [1.807, 2.05) is 31.2 Å². The Bertz CT molecular complexity index is 873. The average Bonchev–Trinajstić information content (AvgIpc) is 2.72. The fourth-order valence-electron chi connectivity index (χ4n) is 3.38. The molecule has 2 aromatic carbocycles. The molecule has 0 spiro atoms. The highest BCUT2D eigenvalue weighted by atomic mass is 19.1. The van der Waals surface area contributed by atoms with Gasteiger partial charge in [0, 0.05) is 37.3 Å². The van der Waals surface area contributed by atoms with Crippen LogP contribution in [0.4, 0.5) is 10.1 Å². The van der Waals surface area contributed by atoms with E-state index in [1.54, 1.807) is 19.1 Å². The van der Waals surface area contributed by atoms with Gasteiger partial charge in [0.15, 0.2) is 0 Å². The second-order valence-electron chi connectivity index (χ2n) is 7.04. The quantitative estimate of drug-likeness (QED) is 0.637. The summed E-state index contributed by atoms with van der Waals surface area (Å²) in [5, 5.41) is 4.15. The average molecular weight is 382 g/mol. The topological polar surface area (TPSA) is 47.9 Å². The number of aryl methyl sites for hydroxylation is 1. The Morgan fingerprint density at radius 3 is 2.50 bits per heavy atom. The summed E-state index contributed by atoms with van der Waals surface area (Å²) >= 11 is 0. The van der Waals surface area contributed by atoms with E-state index in [1.165, 1.54) is 6.07 Å². The van der Waals surface area contributed by atoms with Crippen molar-refractivity contribution >= 4 is 17.3 Å². The van der Waals surface area contributed by atoms with Gasteiger partial charge in [0.2, 0.25) is 0 Å². The number of benzene rings is 2. The van der Waals surface area contributed by atoms with Gasteiger partial charge >= 0.3 is 0 Å². The lowest BCUT2D eigenvalue weighted by Gasteiger charge is -2.35. The maximum Gasteiger partial charge on any atom is 0.271 e. The fourth-order valence-corrected chi connectivity index (χ4v) is 3.38. The summed E-state index contributed by atoms with van der Waals surface area (Å²) in [4.78, 5) is 16.7. The van der Waals surface area contributed by atoms with Crippen LogP contribution in [0.25, 0.3) is 0 Å². The second-order valence-corrected chi connectivity index (χ2v) is 7.04. The van der Waals surface area contributed by atoms with E-state index in [0.29, 0.717) is 22.5 Å². The molecule has 1 fully saturated rings. The number of likely N-dealkylation sites (N-methyl/N-ethyl adjacent to an activating group) is 1. The molecule has 1 saturated heterocycles. The lowest BCUT2D eigenvalue weighted by Crippen LogP contribution is -2.46. The maximum absolute atomic E-state index is 14.7. The van der Waals surface area contributed by atoms with Crippen molar-refractivity contribution in [3.05, 3.63) is 65.0 Å². The minimum absolute atomic E-state index is 0.262. The molecule has 1 aliphatic rings. The van der Waals surface area contributed by atoms with Crippen molar-refractivity contribution in [1.29, 1.82) is 0 Å². The molecular formula is C22H27FN4O. The first-order valence-electron chi connectivity index (χ1n) is 9.67. The number of halogens is 1. The zero-order valence-corrected chi connectivity index (χ0v) is 16.7. The van der Waals surface area contributed by atoms with Gasteiger partial charge in [-0.1, -0.05) is 31.2 Å². The van der Waals surface area contributed by atoms with Crippen molar-refractivity contribution < 1.29 is 9.18 Å². The third kappa shape index (κ3) is 4.57. The molecule has 1 aliphatic heterocycles. The second kappa shape index (κ2) is 8.97. The predicted molar refractivity (Wildman–Crippen MR) is 112 cm³/mol. The predicted octanol–water partition coefficient (Wildman–Crippen LogP) is 3.43. The zero-order chi connectivity index (χ0) is 20.1. The monoisotopic (exact) mass is 382 g/mol. The first-order chi connectivity index (χ1) is 13.5. The van der Waals surface area contributed by atoms with Crippen LogP contribution in [0.15, 0.2) is 47.6 Å². The van der Waals surface area contributed by atoms with Crippen LogP contribution in [0.2, 0.25) is 0 Å². The number of nitrogens with one attached hydrogen (secondary N) is 1.